The Bertz CT molecular complexity index is 1150. The zero-order chi connectivity index (χ0) is 20.8. The van der Waals surface area contributed by atoms with Gasteiger partial charge in [0.2, 0.25) is 0 Å². The normalized spacial score (nSPS) is 15.0. The van der Waals surface area contributed by atoms with Gasteiger partial charge >= 0.3 is 0 Å². The van der Waals surface area contributed by atoms with Crippen molar-refractivity contribution >= 4 is 34.6 Å². The van der Waals surface area contributed by atoms with Gasteiger partial charge < -0.3 is 10.2 Å². The van der Waals surface area contributed by atoms with Crippen LogP contribution in [0.5, 0.6) is 0 Å². The summed E-state index contributed by atoms with van der Waals surface area (Å²) in [6.07, 6.45) is 9.39. The van der Waals surface area contributed by atoms with E-state index >= 15 is 0 Å². The van der Waals surface area contributed by atoms with E-state index in [0.717, 1.165) is 30.0 Å². The number of amides is 1. The molecule has 148 valence electrons. The quantitative estimate of drug-likeness (QED) is 0.745. The van der Waals surface area contributed by atoms with Gasteiger partial charge in [-0.25, -0.2) is 0 Å². The predicted octanol–water partition coefficient (Wildman–Crippen LogP) is 0.782. The molecule has 1 aliphatic rings. The second-order valence-corrected chi connectivity index (χ2v) is 7.66. The van der Waals surface area contributed by atoms with E-state index in [4.69, 9.17) is 6.42 Å². The summed E-state index contributed by atoms with van der Waals surface area (Å²) in [5.74, 6) is 1.73. The number of hydrogen-bond acceptors (Lipinski definition) is 5. The maximum absolute atomic E-state index is 12.8. The molecular weight excluding hydrogens is 384 g/mol. The lowest BCUT2D eigenvalue weighted by molar-refractivity contribution is -0.115. The van der Waals surface area contributed by atoms with Crippen LogP contribution in [0.3, 0.4) is 0 Å². The summed E-state index contributed by atoms with van der Waals surface area (Å²) in [7, 11) is 0. The molecule has 1 aromatic carbocycles. The summed E-state index contributed by atoms with van der Waals surface area (Å²) in [6.45, 7) is 4.34. The Balaban J connectivity index is 2.04. The third-order valence-electron chi connectivity index (χ3n) is 4.79. The van der Waals surface area contributed by atoms with Crippen molar-refractivity contribution in [1.29, 1.82) is 5.26 Å². The van der Waals surface area contributed by atoms with Gasteiger partial charge in [-0.15, -0.1) is 17.8 Å². The van der Waals surface area contributed by atoms with Gasteiger partial charge in [-0.05, 0) is 43.5 Å². The zero-order valence-electron chi connectivity index (χ0n) is 16.3. The molecule has 1 fully saturated rings. The molecule has 6 nitrogen and oxygen atoms in total. The molecule has 0 radical (unpaired) electrons. The highest BCUT2D eigenvalue weighted by molar-refractivity contribution is 7.07. The van der Waals surface area contributed by atoms with Crippen LogP contribution in [-0.4, -0.2) is 30.1 Å². The Kier molecular flexibility index (Phi) is 6.54. The van der Waals surface area contributed by atoms with Crippen LogP contribution < -0.4 is 25.0 Å². The molecule has 0 atom stereocenters. The summed E-state index contributed by atoms with van der Waals surface area (Å²) in [5, 5.41) is 12.0. The molecule has 1 N–H and O–H groups in total. The second-order valence-electron chi connectivity index (χ2n) is 6.62. The number of rotatable bonds is 5. The third kappa shape index (κ3) is 4.42. The van der Waals surface area contributed by atoms with Gasteiger partial charge in [0, 0.05) is 25.3 Å². The molecule has 1 aliphatic heterocycles. The number of nitrogens with zero attached hydrogens (tertiary/aromatic N) is 3. The van der Waals surface area contributed by atoms with Crippen molar-refractivity contribution in [3.63, 3.8) is 0 Å². The smallest absolute Gasteiger partial charge is 0.269 e. The molecular formula is C22H22N4O2S. The van der Waals surface area contributed by atoms with Crippen LogP contribution in [0.2, 0.25) is 0 Å². The molecule has 1 aromatic heterocycles. The third-order valence-corrected chi connectivity index (χ3v) is 5.92. The molecule has 0 bridgehead atoms. The maximum atomic E-state index is 12.8. The molecule has 0 saturated carbocycles. The number of carbonyl (C=O) groups excluding carboxylic acids is 1. The molecule has 0 aliphatic carbocycles. The number of terminal acetylenes is 1. The predicted molar refractivity (Wildman–Crippen MR) is 116 cm³/mol. The SMILES string of the molecule is C#CCNC(=O)C(C#N)=c1sc(=Cc2ccc(N3CCCC3)cc2)c(=O)n1CC. The number of aromatic nitrogens is 1. The Hall–Kier alpha value is -3.29. The number of thiazole rings is 1. The molecule has 7 heteroatoms. The van der Waals surface area contributed by atoms with Crippen LogP contribution >= 0.6 is 11.3 Å². The summed E-state index contributed by atoms with van der Waals surface area (Å²) >= 11 is 1.14. The molecule has 0 unspecified atom stereocenters. The molecule has 2 aromatic rings. The fourth-order valence-corrected chi connectivity index (χ4v) is 4.48. The average Bonchev–Trinajstić information content (AvgIpc) is 3.37. The van der Waals surface area contributed by atoms with E-state index in [1.807, 2.05) is 18.2 Å². The van der Waals surface area contributed by atoms with Crippen molar-refractivity contribution in [2.75, 3.05) is 24.5 Å². The molecule has 1 amide bonds. The Labute approximate surface area is 173 Å². The molecule has 0 spiro atoms. The lowest BCUT2D eigenvalue weighted by Crippen LogP contribution is -2.34. The van der Waals surface area contributed by atoms with Crippen molar-refractivity contribution in [2.45, 2.75) is 26.3 Å². The van der Waals surface area contributed by atoms with Crippen molar-refractivity contribution in [3.8, 4) is 18.4 Å². The number of hydrogen-bond donors (Lipinski definition) is 1. The van der Waals surface area contributed by atoms with Crippen LogP contribution in [0, 0.1) is 23.7 Å². The fourth-order valence-electron chi connectivity index (χ4n) is 3.32. The van der Waals surface area contributed by atoms with Crippen LogP contribution in [0.4, 0.5) is 5.69 Å². The number of nitrogens with one attached hydrogen (secondary N) is 1. The number of benzene rings is 1. The van der Waals surface area contributed by atoms with Crippen LogP contribution in [0.15, 0.2) is 29.1 Å². The van der Waals surface area contributed by atoms with E-state index in [0.29, 0.717) is 15.7 Å². The van der Waals surface area contributed by atoms with E-state index in [9.17, 15) is 14.9 Å². The lowest BCUT2D eigenvalue weighted by atomic mass is 10.2. The Morgan fingerprint density at radius 2 is 2.00 bits per heavy atom. The van der Waals surface area contributed by atoms with Crippen LogP contribution in [0.1, 0.15) is 25.3 Å². The first-order valence-electron chi connectivity index (χ1n) is 9.51. The largest absolute Gasteiger partial charge is 0.372 e. The van der Waals surface area contributed by atoms with E-state index in [-0.39, 0.29) is 17.7 Å². The average molecular weight is 407 g/mol. The minimum Gasteiger partial charge on any atom is -0.372 e. The highest BCUT2D eigenvalue weighted by Gasteiger charge is 2.15. The molecule has 1 saturated heterocycles. The summed E-state index contributed by atoms with van der Waals surface area (Å²) in [5.41, 5.74) is 1.76. The summed E-state index contributed by atoms with van der Waals surface area (Å²) in [6, 6.07) is 10.00. The minimum atomic E-state index is -0.574. The van der Waals surface area contributed by atoms with Crippen molar-refractivity contribution in [2.24, 2.45) is 0 Å². The van der Waals surface area contributed by atoms with Crippen molar-refractivity contribution < 1.29 is 4.79 Å². The first-order chi connectivity index (χ1) is 14.1. The molecule has 3 rings (SSSR count). The van der Waals surface area contributed by atoms with E-state index < -0.39 is 5.91 Å². The van der Waals surface area contributed by atoms with Gasteiger partial charge in [-0.1, -0.05) is 18.1 Å². The molecule has 29 heavy (non-hydrogen) atoms. The van der Waals surface area contributed by atoms with Gasteiger partial charge in [0.1, 0.15) is 10.7 Å². The van der Waals surface area contributed by atoms with Gasteiger partial charge in [0.15, 0.2) is 5.57 Å². The standard InChI is InChI=1S/C22H22N4O2S/c1-3-11-24-20(27)18(15-23)22-26(4-2)21(28)19(29-22)14-16-7-9-17(10-8-16)25-12-5-6-13-25/h1,7-10,14H,4-6,11-13H2,2H3,(H,24,27). The van der Waals surface area contributed by atoms with E-state index in [1.54, 1.807) is 13.0 Å². The monoisotopic (exact) mass is 406 g/mol. The summed E-state index contributed by atoms with van der Waals surface area (Å²) in [4.78, 5) is 27.4. The highest BCUT2D eigenvalue weighted by Crippen LogP contribution is 2.20. The number of carbonyl (C=O) groups is 1. The van der Waals surface area contributed by atoms with E-state index in [2.05, 4.69) is 28.3 Å². The van der Waals surface area contributed by atoms with Crippen molar-refractivity contribution in [3.05, 3.63) is 49.4 Å². The Morgan fingerprint density at radius 1 is 1.31 bits per heavy atom. The minimum absolute atomic E-state index is 0.0219. The highest BCUT2D eigenvalue weighted by atomic mass is 32.1. The van der Waals surface area contributed by atoms with Gasteiger partial charge in [-0.2, -0.15) is 5.26 Å². The van der Waals surface area contributed by atoms with Crippen LogP contribution in [-0.2, 0) is 11.3 Å². The first kappa shape index (κ1) is 20.4. The van der Waals surface area contributed by atoms with Gasteiger partial charge in [0.25, 0.3) is 11.5 Å². The van der Waals surface area contributed by atoms with Crippen molar-refractivity contribution in [1.82, 2.24) is 9.88 Å². The van der Waals surface area contributed by atoms with Crippen LogP contribution in [0.25, 0.3) is 11.6 Å². The topological polar surface area (TPSA) is 78.1 Å². The second kappa shape index (κ2) is 9.27. The maximum Gasteiger partial charge on any atom is 0.269 e. The number of anilines is 1. The lowest BCUT2D eigenvalue weighted by Gasteiger charge is -2.17. The fraction of sp³-hybridized carbons (Fsp3) is 0.318. The Morgan fingerprint density at radius 3 is 2.59 bits per heavy atom. The van der Waals surface area contributed by atoms with Gasteiger partial charge in [0.05, 0.1) is 11.1 Å². The first-order valence-corrected chi connectivity index (χ1v) is 10.3. The number of nitriles is 1. The summed E-state index contributed by atoms with van der Waals surface area (Å²) < 4.78 is 2.27. The zero-order valence-corrected chi connectivity index (χ0v) is 17.1. The van der Waals surface area contributed by atoms with E-state index in [1.165, 1.54) is 23.1 Å². The molecule has 2 heterocycles. The van der Waals surface area contributed by atoms with Gasteiger partial charge in [-0.3, -0.25) is 14.2 Å².